The summed E-state index contributed by atoms with van der Waals surface area (Å²) in [6.07, 6.45) is 7.67. The van der Waals surface area contributed by atoms with E-state index in [0.717, 1.165) is 38.0 Å². The highest BCUT2D eigenvalue weighted by Gasteiger charge is 2.24. The molecule has 1 N–H and O–H groups in total. The smallest absolute Gasteiger partial charge is 0.226 e. The molecule has 0 radical (unpaired) electrons. The summed E-state index contributed by atoms with van der Waals surface area (Å²) in [6, 6.07) is 7.34. The van der Waals surface area contributed by atoms with Crippen LogP contribution in [0.1, 0.15) is 50.2 Å². The van der Waals surface area contributed by atoms with Crippen LogP contribution in [0.15, 0.2) is 18.2 Å². The third-order valence-corrected chi connectivity index (χ3v) is 4.70. The van der Waals surface area contributed by atoms with Crippen molar-refractivity contribution in [2.75, 3.05) is 18.0 Å². The van der Waals surface area contributed by atoms with Crippen molar-refractivity contribution in [1.82, 2.24) is 5.32 Å². The number of carbonyl (C=O) groups excluding carboxylic acids is 1. The normalized spacial score (nSPS) is 21.4. The molecule has 3 nitrogen and oxygen atoms in total. The molecule has 1 atom stereocenters. The minimum absolute atomic E-state index is 0.276. The van der Waals surface area contributed by atoms with Gasteiger partial charge < -0.3 is 10.2 Å². The molecule has 1 saturated heterocycles. The molecule has 3 heteroatoms. The van der Waals surface area contributed by atoms with Crippen molar-refractivity contribution >= 4 is 11.6 Å². The number of nitrogens with one attached hydrogen (secondary N) is 1. The molecule has 1 aromatic rings. The van der Waals surface area contributed by atoms with Crippen LogP contribution < -0.4 is 10.2 Å². The number of hydrogen-bond donors (Lipinski definition) is 1. The lowest BCUT2D eigenvalue weighted by molar-refractivity contribution is -0.118. The van der Waals surface area contributed by atoms with E-state index in [0.29, 0.717) is 12.5 Å². The number of nitrogens with zero attached hydrogens (tertiary/aromatic N) is 1. The van der Waals surface area contributed by atoms with Crippen molar-refractivity contribution in [2.24, 2.45) is 0 Å². The monoisotopic (exact) mass is 286 g/mol. The molecule has 0 aliphatic carbocycles. The van der Waals surface area contributed by atoms with Gasteiger partial charge in [0.15, 0.2) is 0 Å². The number of anilines is 1. The van der Waals surface area contributed by atoms with Gasteiger partial charge in [0.25, 0.3) is 0 Å². The molecular weight excluding hydrogens is 260 g/mol. The number of hydrogen-bond acceptors (Lipinski definition) is 2. The summed E-state index contributed by atoms with van der Waals surface area (Å²) in [5.74, 6) is 0.276. The fraction of sp³-hybridized carbons (Fsp3) is 0.611. The van der Waals surface area contributed by atoms with Gasteiger partial charge in [-0.3, -0.25) is 4.79 Å². The Kier molecular flexibility index (Phi) is 4.59. The van der Waals surface area contributed by atoms with E-state index in [9.17, 15) is 4.79 Å². The Morgan fingerprint density at radius 3 is 3.05 bits per heavy atom. The van der Waals surface area contributed by atoms with Gasteiger partial charge in [0.1, 0.15) is 0 Å². The zero-order valence-corrected chi connectivity index (χ0v) is 13.0. The second-order valence-electron chi connectivity index (χ2n) is 6.36. The Hall–Kier alpha value is -1.35. The van der Waals surface area contributed by atoms with Crippen molar-refractivity contribution in [3.05, 3.63) is 29.3 Å². The van der Waals surface area contributed by atoms with Crippen molar-refractivity contribution in [3.63, 3.8) is 0 Å². The molecule has 21 heavy (non-hydrogen) atoms. The summed E-state index contributed by atoms with van der Waals surface area (Å²) in [5, 5.41) is 3.61. The molecule has 2 aliphatic heterocycles. The number of fused-ring (bicyclic) bond motifs is 1. The van der Waals surface area contributed by atoms with Gasteiger partial charge in [-0.15, -0.1) is 0 Å². The Bertz CT molecular complexity index is 506. The molecule has 0 saturated carbocycles. The van der Waals surface area contributed by atoms with Crippen molar-refractivity contribution in [1.29, 1.82) is 0 Å². The van der Waals surface area contributed by atoms with Crippen LogP contribution in [-0.2, 0) is 17.6 Å². The highest BCUT2D eigenvalue weighted by molar-refractivity contribution is 5.95. The number of amides is 1. The quantitative estimate of drug-likeness (QED) is 0.922. The summed E-state index contributed by atoms with van der Waals surface area (Å²) in [7, 11) is 0. The van der Waals surface area contributed by atoms with Gasteiger partial charge in [-0.25, -0.2) is 0 Å². The average Bonchev–Trinajstić information content (AvgIpc) is 2.92. The first-order valence-electron chi connectivity index (χ1n) is 8.43. The van der Waals surface area contributed by atoms with Crippen LogP contribution in [0.2, 0.25) is 0 Å². The predicted molar refractivity (Wildman–Crippen MR) is 86.8 cm³/mol. The Morgan fingerprint density at radius 1 is 1.38 bits per heavy atom. The minimum atomic E-state index is 0.276. The van der Waals surface area contributed by atoms with Crippen molar-refractivity contribution in [2.45, 2.75) is 57.9 Å². The van der Waals surface area contributed by atoms with Crippen molar-refractivity contribution < 1.29 is 4.79 Å². The van der Waals surface area contributed by atoms with Gasteiger partial charge >= 0.3 is 0 Å². The Balaban J connectivity index is 1.69. The zero-order chi connectivity index (χ0) is 14.7. The van der Waals surface area contributed by atoms with Crippen LogP contribution in [0, 0.1) is 0 Å². The molecule has 2 aliphatic rings. The maximum Gasteiger partial charge on any atom is 0.226 e. The van der Waals surface area contributed by atoms with E-state index >= 15 is 0 Å². The lowest BCUT2D eigenvalue weighted by Crippen LogP contribution is -2.35. The van der Waals surface area contributed by atoms with E-state index in [2.05, 4.69) is 30.4 Å². The van der Waals surface area contributed by atoms with Crippen LogP contribution in [0.25, 0.3) is 0 Å². The van der Waals surface area contributed by atoms with E-state index in [-0.39, 0.29) is 5.91 Å². The number of rotatable bonds is 4. The second kappa shape index (κ2) is 6.61. The molecule has 0 aromatic heterocycles. The molecule has 1 amide bonds. The summed E-state index contributed by atoms with van der Waals surface area (Å²) in [5.41, 5.74) is 3.92. The average molecular weight is 286 g/mol. The topological polar surface area (TPSA) is 32.3 Å². The van der Waals surface area contributed by atoms with Crippen LogP contribution in [0.4, 0.5) is 5.69 Å². The Labute approximate surface area is 127 Å². The molecular formula is C18H26N2O. The highest BCUT2D eigenvalue weighted by atomic mass is 16.2. The number of benzene rings is 1. The predicted octanol–water partition coefficient (Wildman–Crippen LogP) is 3.06. The van der Waals surface area contributed by atoms with E-state index in [4.69, 9.17) is 0 Å². The minimum Gasteiger partial charge on any atom is -0.314 e. The van der Waals surface area contributed by atoms with Crippen LogP contribution >= 0.6 is 0 Å². The first kappa shape index (κ1) is 14.6. The fourth-order valence-electron chi connectivity index (χ4n) is 3.57. The van der Waals surface area contributed by atoms with Gasteiger partial charge in [0, 0.05) is 24.7 Å². The standard InChI is InChI=1S/C18H26N2O/c1-2-5-18(21)20-11-9-15-12-14(7-8-17(15)20)13-16-6-3-4-10-19-16/h7-8,12,16,19H,2-6,9-11,13H2,1H3. The fourth-order valence-corrected chi connectivity index (χ4v) is 3.57. The van der Waals surface area contributed by atoms with E-state index < -0.39 is 0 Å². The summed E-state index contributed by atoms with van der Waals surface area (Å²) in [4.78, 5) is 14.1. The molecule has 114 valence electrons. The largest absolute Gasteiger partial charge is 0.314 e. The Morgan fingerprint density at radius 2 is 2.29 bits per heavy atom. The summed E-state index contributed by atoms with van der Waals surface area (Å²) in [6.45, 7) is 4.09. The van der Waals surface area contributed by atoms with Gasteiger partial charge in [-0.2, -0.15) is 0 Å². The third-order valence-electron chi connectivity index (χ3n) is 4.70. The summed E-state index contributed by atoms with van der Waals surface area (Å²) >= 11 is 0. The number of piperidine rings is 1. The van der Waals surface area contributed by atoms with Crippen LogP contribution in [-0.4, -0.2) is 25.0 Å². The first-order chi connectivity index (χ1) is 10.3. The van der Waals surface area contributed by atoms with Crippen LogP contribution in [0.5, 0.6) is 0 Å². The highest BCUT2D eigenvalue weighted by Crippen LogP contribution is 2.30. The summed E-state index contributed by atoms with van der Waals surface area (Å²) < 4.78 is 0. The second-order valence-corrected chi connectivity index (χ2v) is 6.36. The van der Waals surface area contributed by atoms with Crippen molar-refractivity contribution in [3.8, 4) is 0 Å². The van der Waals surface area contributed by atoms with Gasteiger partial charge in [0.05, 0.1) is 0 Å². The zero-order valence-electron chi connectivity index (χ0n) is 13.0. The van der Waals surface area contributed by atoms with E-state index in [1.54, 1.807) is 0 Å². The molecule has 1 fully saturated rings. The van der Waals surface area contributed by atoms with Gasteiger partial charge in [-0.05, 0) is 55.8 Å². The van der Waals surface area contributed by atoms with Gasteiger partial charge in [0.2, 0.25) is 5.91 Å². The molecule has 1 aromatic carbocycles. The van der Waals surface area contributed by atoms with E-state index in [1.807, 2.05) is 4.90 Å². The molecule has 0 spiro atoms. The first-order valence-corrected chi connectivity index (χ1v) is 8.43. The van der Waals surface area contributed by atoms with Crippen LogP contribution in [0.3, 0.4) is 0 Å². The maximum absolute atomic E-state index is 12.1. The lowest BCUT2D eigenvalue weighted by atomic mass is 9.96. The van der Waals surface area contributed by atoms with Gasteiger partial charge in [-0.1, -0.05) is 25.5 Å². The molecule has 3 rings (SSSR count). The molecule has 1 unspecified atom stereocenters. The maximum atomic E-state index is 12.1. The third kappa shape index (κ3) is 3.29. The molecule has 2 heterocycles. The number of carbonyl (C=O) groups is 1. The SMILES string of the molecule is CCCC(=O)N1CCc2cc(CC3CCCCN3)ccc21. The van der Waals surface area contributed by atoms with E-state index in [1.165, 1.54) is 30.4 Å². The molecule has 0 bridgehead atoms. The lowest BCUT2D eigenvalue weighted by Gasteiger charge is -2.24.